The molecule has 3 nitrogen and oxygen atoms in total. The van der Waals surface area contributed by atoms with E-state index in [1.54, 1.807) is 6.92 Å². The zero-order valence-electron chi connectivity index (χ0n) is 11.2. The molecule has 0 spiro atoms. The summed E-state index contributed by atoms with van der Waals surface area (Å²) >= 11 is 0. The molecule has 0 saturated carbocycles. The Labute approximate surface area is 99.9 Å². The highest BCUT2D eigenvalue weighted by Gasteiger charge is 2.09. The third-order valence-corrected chi connectivity index (χ3v) is 2.91. The molecule has 16 heavy (non-hydrogen) atoms. The molecule has 0 aliphatic carbocycles. The first-order valence-corrected chi connectivity index (χ1v) is 6.20. The van der Waals surface area contributed by atoms with Gasteiger partial charge in [-0.1, -0.05) is 20.4 Å². The molecule has 0 aliphatic heterocycles. The van der Waals surface area contributed by atoms with Gasteiger partial charge in [0.1, 0.15) is 0 Å². The number of amides is 1. The first kappa shape index (κ1) is 15.2. The van der Waals surface area contributed by atoms with Gasteiger partial charge in [-0.3, -0.25) is 4.79 Å². The quantitative estimate of drug-likeness (QED) is 0.508. The highest BCUT2D eigenvalue weighted by atomic mass is 16.1. The maximum Gasteiger partial charge on any atom is 0.246 e. The predicted octanol–water partition coefficient (Wildman–Crippen LogP) is 2.19. The van der Waals surface area contributed by atoms with E-state index in [1.165, 1.54) is 0 Å². The number of carbonyl (C=O) groups excluding carboxylic acids is 1. The van der Waals surface area contributed by atoms with Crippen LogP contribution in [0.25, 0.3) is 0 Å². The Balaban J connectivity index is 3.66. The van der Waals surface area contributed by atoms with E-state index in [2.05, 4.69) is 37.6 Å². The molecule has 1 unspecified atom stereocenters. The van der Waals surface area contributed by atoms with Crippen LogP contribution >= 0.6 is 0 Å². The van der Waals surface area contributed by atoms with E-state index in [-0.39, 0.29) is 5.91 Å². The standard InChI is InChI=1S/C13H26N2O/c1-6-15(7-2)12(5)9-8-10-14-13(16)11(3)4/h12H,3,6-10H2,1-2,4-5H3,(H,14,16). The van der Waals surface area contributed by atoms with Crippen LogP contribution in [0, 0.1) is 0 Å². The Morgan fingerprint density at radius 2 is 1.94 bits per heavy atom. The minimum atomic E-state index is -0.0320. The van der Waals surface area contributed by atoms with Gasteiger partial charge in [-0.25, -0.2) is 0 Å². The summed E-state index contributed by atoms with van der Waals surface area (Å²) in [6.45, 7) is 14.9. The molecular formula is C13H26N2O. The molecule has 0 rings (SSSR count). The fraction of sp³-hybridized carbons (Fsp3) is 0.769. The molecule has 0 bridgehead atoms. The molecule has 94 valence electrons. The van der Waals surface area contributed by atoms with Crippen molar-refractivity contribution in [2.45, 2.75) is 46.6 Å². The Kier molecular flexibility index (Phi) is 7.90. The summed E-state index contributed by atoms with van der Waals surface area (Å²) in [5.41, 5.74) is 0.580. The minimum absolute atomic E-state index is 0.0320. The molecule has 0 radical (unpaired) electrons. The lowest BCUT2D eigenvalue weighted by Gasteiger charge is -2.26. The van der Waals surface area contributed by atoms with E-state index in [0.29, 0.717) is 11.6 Å². The number of nitrogens with zero attached hydrogens (tertiary/aromatic N) is 1. The van der Waals surface area contributed by atoms with Gasteiger partial charge in [0.05, 0.1) is 0 Å². The SMILES string of the molecule is C=C(C)C(=O)NCCCC(C)N(CC)CC. The van der Waals surface area contributed by atoms with Gasteiger partial charge in [0.2, 0.25) is 5.91 Å². The Hall–Kier alpha value is -0.830. The predicted molar refractivity (Wildman–Crippen MR) is 69.4 cm³/mol. The number of hydrogen-bond donors (Lipinski definition) is 1. The Morgan fingerprint density at radius 1 is 1.38 bits per heavy atom. The van der Waals surface area contributed by atoms with Gasteiger partial charge in [-0.15, -0.1) is 0 Å². The first-order valence-electron chi connectivity index (χ1n) is 6.20. The van der Waals surface area contributed by atoms with Crippen LogP contribution in [-0.2, 0) is 4.79 Å². The second-order valence-corrected chi connectivity index (χ2v) is 4.25. The van der Waals surface area contributed by atoms with Crippen molar-refractivity contribution in [1.82, 2.24) is 10.2 Å². The van der Waals surface area contributed by atoms with Crippen molar-refractivity contribution < 1.29 is 4.79 Å². The monoisotopic (exact) mass is 226 g/mol. The number of rotatable bonds is 8. The number of hydrogen-bond acceptors (Lipinski definition) is 2. The van der Waals surface area contributed by atoms with Crippen LogP contribution in [0.5, 0.6) is 0 Å². The van der Waals surface area contributed by atoms with Crippen molar-refractivity contribution in [3.05, 3.63) is 12.2 Å². The molecular weight excluding hydrogens is 200 g/mol. The molecule has 0 saturated heterocycles. The van der Waals surface area contributed by atoms with Gasteiger partial charge in [-0.2, -0.15) is 0 Å². The zero-order chi connectivity index (χ0) is 12.6. The summed E-state index contributed by atoms with van der Waals surface area (Å²) in [7, 11) is 0. The summed E-state index contributed by atoms with van der Waals surface area (Å²) in [5, 5.41) is 2.86. The maximum absolute atomic E-state index is 11.2. The van der Waals surface area contributed by atoms with Crippen LogP contribution in [0.15, 0.2) is 12.2 Å². The van der Waals surface area contributed by atoms with Crippen LogP contribution in [0.1, 0.15) is 40.5 Å². The number of nitrogens with one attached hydrogen (secondary N) is 1. The topological polar surface area (TPSA) is 32.3 Å². The molecule has 0 aliphatic rings. The van der Waals surface area contributed by atoms with Crippen LogP contribution in [-0.4, -0.2) is 36.5 Å². The Morgan fingerprint density at radius 3 is 2.38 bits per heavy atom. The smallest absolute Gasteiger partial charge is 0.246 e. The third-order valence-electron chi connectivity index (χ3n) is 2.91. The van der Waals surface area contributed by atoms with Gasteiger partial charge in [0.15, 0.2) is 0 Å². The van der Waals surface area contributed by atoms with E-state index < -0.39 is 0 Å². The summed E-state index contributed by atoms with van der Waals surface area (Å²) < 4.78 is 0. The molecule has 0 aromatic heterocycles. The normalized spacial score (nSPS) is 12.6. The average molecular weight is 226 g/mol. The third kappa shape index (κ3) is 5.91. The van der Waals surface area contributed by atoms with Crippen LogP contribution in [0.4, 0.5) is 0 Å². The van der Waals surface area contributed by atoms with Crippen LogP contribution < -0.4 is 5.32 Å². The second kappa shape index (κ2) is 8.34. The van der Waals surface area contributed by atoms with Crippen molar-refractivity contribution in [2.75, 3.05) is 19.6 Å². The van der Waals surface area contributed by atoms with Gasteiger partial charge in [0.25, 0.3) is 0 Å². The van der Waals surface area contributed by atoms with Crippen LogP contribution in [0.3, 0.4) is 0 Å². The fourth-order valence-electron chi connectivity index (χ4n) is 1.78. The summed E-state index contributed by atoms with van der Waals surface area (Å²) in [5.74, 6) is -0.0320. The molecule has 1 atom stereocenters. The van der Waals surface area contributed by atoms with E-state index in [0.717, 1.165) is 32.5 Å². The second-order valence-electron chi connectivity index (χ2n) is 4.25. The molecule has 0 aromatic carbocycles. The molecule has 1 amide bonds. The Bertz CT molecular complexity index is 222. The fourth-order valence-corrected chi connectivity index (χ4v) is 1.78. The highest BCUT2D eigenvalue weighted by Crippen LogP contribution is 2.05. The molecule has 0 fully saturated rings. The summed E-state index contributed by atoms with van der Waals surface area (Å²) in [6, 6.07) is 0.594. The van der Waals surface area contributed by atoms with Crippen molar-refractivity contribution in [1.29, 1.82) is 0 Å². The molecule has 0 heterocycles. The van der Waals surface area contributed by atoms with Crippen molar-refractivity contribution >= 4 is 5.91 Å². The van der Waals surface area contributed by atoms with Gasteiger partial charge in [0, 0.05) is 18.2 Å². The van der Waals surface area contributed by atoms with Crippen molar-refractivity contribution in [3.63, 3.8) is 0 Å². The summed E-state index contributed by atoms with van der Waals surface area (Å²) in [4.78, 5) is 13.6. The molecule has 1 N–H and O–H groups in total. The molecule has 0 aromatic rings. The van der Waals surface area contributed by atoms with Gasteiger partial charge in [-0.05, 0) is 39.8 Å². The van der Waals surface area contributed by atoms with E-state index in [4.69, 9.17) is 0 Å². The first-order chi connectivity index (χ1) is 7.52. The zero-order valence-corrected chi connectivity index (χ0v) is 11.2. The highest BCUT2D eigenvalue weighted by molar-refractivity contribution is 5.91. The van der Waals surface area contributed by atoms with E-state index in [1.807, 2.05) is 0 Å². The maximum atomic E-state index is 11.2. The van der Waals surface area contributed by atoms with Crippen LogP contribution in [0.2, 0.25) is 0 Å². The lowest BCUT2D eigenvalue weighted by atomic mass is 10.1. The average Bonchev–Trinajstić information content (AvgIpc) is 2.25. The van der Waals surface area contributed by atoms with Crippen molar-refractivity contribution in [2.24, 2.45) is 0 Å². The van der Waals surface area contributed by atoms with E-state index in [9.17, 15) is 4.79 Å². The summed E-state index contributed by atoms with van der Waals surface area (Å²) in [6.07, 6.45) is 2.15. The van der Waals surface area contributed by atoms with Gasteiger partial charge < -0.3 is 10.2 Å². The number of carbonyl (C=O) groups is 1. The molecule has 3 heteroatoms. The van der Waals surface area contributed by atoms with Crippen molar-refractivity contribution in [3.8, 4) is 0 Å². The van der Waals surface area contributed by atoms with Gasteiger partial charge >= 0.3 is 0 Å². The van der Waals surface area contributed by atoms with E-state index >= 15 is 0 Å². The minimum Gasteiger partial charge on any atom is -0.352 e. The lowest BCUT2D eigenvalue weighted by Crippen LogP contribution is -2.33. The lowest BCUT2D eigenvalue weighted by molar-refractivity contribution is -0.117. The largest absolute Gasteiger partial charge is 0.352 e.